The van der Waals surface area contributed by atoms with Gasteiger partial charge in [0, 0.05) is 19.5 Å². The third kappa shape index (κ3) is 2.27. The molecular formula is C10H14N4O3. The molecule has 1 aromatic heterocycles. The first-order valence-corrected chi connectivity index (χ1v) is 5.54. The van der Waals surface area contributed by atoms with Crippen molar-refractivity contribution in [2.45, 2.75) is 25.8 Å². The number of hydrogen-bond donors (Lipinski definition) is 1. The number of hydrogen-bond acceptors (Lipinski definition) is 4. The predicted octanol–water partition coefficient (Wildman–Crippen LogP) is 0.160. The van der Waals surface area contributed by atoms with Crippen LogP contribution in [0, 0.1) is 0 Å². The summed E-state index contributed by atoms with van der Waals surface area (Å²) in [4.78, 5) is 23.9. The van der Waals surface area contributed by atoms with Crippen LogP contribution in [0.1, 0.15) is 36.3 Å². The molecule has 0 spiro atoms. The molecule has 0 bridgehead atoms. The van der Waals surface area contributed by atoms with Gasteiger partial charge in [0.05, 0.1) is 12.2 Å². The van der Waals surface area contributed by atoms with Gasteiger partial charge in [0.2, 0.25) is 5.91 Å². The van der Waals surface area contributed by atoms with Gasteiger partial charge in [0.25, 0.3) is 0 Å². The van der Waals surface area contributed by atoms with E-state index >= 15 is 0 Å². The van der Waals surface area contributed by atoms with Gasteiger partial charge in [-0.3, -0.25) is 4.79 Å². The zero-order chi connectivity index (χ0) is 12.4. The second-order valence-electron chi connectivity index (χ2n) is 4.09. The molecule has 2 heterocycles. The standard InChI is InChI=1S/C10H14N4O3/c1-2-3-9(15)13-4-7(5-13)14-6-8(10(16)17)11-12-14/h6-7H,2-5H2,1H3,(H,16,17). The molecule has 2 rings (SSSR count). The van der Waals surface area contributed by atoms with E-state index in [2.05, 4.69) is 10.3 Å². The SMILES string of the molecule is CCCC(=O)N1CC(n2cc(C(=O)O)nn2)C1. The summed E-state index contributed by atoms with van der Waals surface area (Å²) >= 11 is 0. The number of likely N-dealkylation sites (tertiary alicyclic amines) is 1. The molecule has 0 aromatic carbocycles. The molecule has 1 amide bonds. The van der Waals surface area contributed by atoms with E-state index in [1.54, 1.807) is 4.90 Å². The fourth-order valence-electron chi connectivity index (χ4n) is 1.75. The first-order valence-electron chi connectivity index (χ1n) is 5.54. The van der Waals surface area contributed by atoms with Crippen molar-refractivity contribution in [3.63, 3.8) is 0 Å². The van der Waals surface area contributed by atoms with E-state index in [1.807, 2.05) is 6.92 Å². The van der Waals surface area contributed by atoms with Crippen LogP contribution in [-0.4, -0.2) is 50.0 Å². The van der Waals surface area contributed by atoms with Gasteiger partial charge < -0.3 is 10.0 Å². The van der Waals surface area contributed by atoms with Gasteiger partial charge in [-0.05, 0) is 6.42 Å². The summed E-state index contributed by atoms with van der Waals surface area (Å²) in [5.41, 5.74) is -0.0664. The number of rotatable bonds is 4. The van der Waals surface area contributed by atoms with Crippen LogP contribution < -0.4 is 0 Å². The maximum Gasteiger partial charge on any atom is 0.358 e. The molecule has 92 valence electrons. The van der Waals surface area contributed by atoms with Crippen molar-refractivity contribution in [1.29, 1.82) is 0 Å². The zero-order valence-electron chi connectivity index (χ0n) is 9.54. The Balaban J connectivity index is 1.90. The molecule has 0 saturated carbocycles. The monoisotopic (exact) mass is 238 g/mol. The molecule has 1 aliphatic rings. The van der Waals surface area contributed by atoms with E-state index in [-0.39, 0.29) is 17.6 Å². The normalized spacial score (nSPS) is 15.7. The van der Waals surface area contributed by atoms with Gasteiger partial charge in [-0.25, -0.2) is 9.48 Å². The van der Waals surface area contributed by atoms with Crippen LogP contribution >= 0.6 is 0 Å². The van der Waals surface area contributed by atoms with E-state index in [1.165, 1.54) is 10.9 Å². The highest BCUT2D eigenvalue weighted by Crippen LogP contribution is 2.21. The van der Waals surface area contributed by atoms with Crippen LogP contribution in [0.15, 0.2) is 6.20 Å². The van der Waals surface area contributed by atoms with Crippen molar-refractivity contribution in [2.24, 2.45) is 0 Å². The van der Waals surface area contributed by atoms with Crippen molar-refractivity contribution >= 4 is 11.9 Å². The number of carboxylic acid groups (broad SMARTS) is 1. The van der Waals surface area contributed by atoms with Crippen LogP contribution in [-0.2, 0) is 4.79 Å². The van der Waals surface area contributed by atoms with Crippen LogP contribution in [0.4, 0.5) is 0 Å². The molecule has 1 aromatic rings. The fourth-order valence-corrected chi connectivity index (χ4v) is 1.75. The number of carboxylic acids is 1. The summed E-state index contributed by atoms with van der Waals surface area (Å²) in [6, 6.07) is 0.0522. The van der Waals surface area contributed by atoms with Crippen molar-refractivity contribution in [1.82, 2.24) is 19.9 Å². The Morgan fingerprint density at radius 3 is 2.76 bits per heavy atom. The quantitative estimate of drug-likeness (QED) is 0.807. The van der Waals surface area contributed by atoms with E-state index in [9.17, 15) is 9.59 Å². The third-order valence-electron chi connectivity index (χ3n) is 2.78. The van der Waals surface area contributed by atoms with Crippen LogP contribution in [0.5, 0.6) is 0 Å². The molecule has 0 atom stereocenters. The number of nitrogens with zero attached hydrogens (tertiary/aromatic N) is 4. The lowest BCUT2D eigenvalue weighted by Gasteiger charge is -2.38. The van der Waals surface area contributed by atoms with E-state index in [0.717, 1.165) is 6.42 Å². The zero-order valence-corrected chi connectivity index (χ0v) is 9.54. The Bertz CT molecular complexity index is 437. The summed E-state index contributed by atoms with van der Waals surface area (Å²) in [5, 5.41) is 16.0. The lowest BCUT2D eigenvalue weighted by Crippen LogP contribution is -2.50. The second kappa shape index (κ2) is 4.52. The molecule has 1 aliphatic heterocycles. The van der Waals surface area contributed by atoms with Gasteiger partial charge in [-0.1, -0.05) is 12.1 Å². The lowest BCUT2D eigenvalue weighted by atomic mass is 10.1. The average Bonchev–Trinajstić information content (AvgIpc) is 2.65. The number of aromatic carboxylic acids is 1. The minimum absolute atomic E-state index is 0.0522. The lowest BCUT2D eigenvalue weighted by molar-refractivity contribution is -0.137. The summed E-state index contributed by atoms with van der Waals surface area (Å²) < 4.78 is 1.51. The van der Waals surface area contributed by atoms with Crippen LogP contribution in [0.25, 0.3) is 0 Å². The molecule has 7 nitrogen and oxygen atoms in total. The van der Waals surface area contributed by atoms with Gasteiger partial charge in [0.1, 0.15) is 0 Å². The van der Waals surface area contributed by atoms with Crippen molar-refractivity contribution in [3.8, 4) is 0 Å². The molecule has 17 heavy (non-hydrogen) atoms. The Morgan fingerprint density at radius 2 is 2.24 bits per heavy atom. The van der Waals surface area contributed by atoms with E-state index < -0.39 is 5.97 Å². The Morgan fingerprint density at radius 1 is 1.53 bits per heavy atom. The molecule has 1 saturated heterocycles. The van der Waals surface area contributed by atoms with Gasteiger partial charge in [0.15, 0.2) is 5.69 Å². The van der Waals surface area contributed by atoms with Crippen LogP contribution in [0.3, 0.4) is 0 Å². The van der Waals surface area contributed by atoms with Crippen molar-refractivity contribution < 1.29 is 14.7 Å². The maximum absolute atomic E-state index is 11.5. The Hall–Kier alpha value is -1.92. The van der Waals surface area contributed by atoms with Gasteiger partial charge in [-0.2, -0.15) is 0 Å². The van der Waals surface area contributed by atoms with Crippen LogP contribution in [0.2, 0.25) is 0 Å². The molecule has 7 heteroatoms. The minimum atomic E-state index is -1.09. The first-order chi connectivity index (χ1) is 8.11. The Kier molecular flexibility index (Phi) is 3.08. The summed E-state index contributed by atoms with van der Waals surface area (Å²) in [5.74, 6) is -0.947. The van der Waals surface area contributed by atoms with E-state index in [0.29, 0.717) is 19.5 Å². The molecular weight excluding hydrogens is 224 g/mol. The molecule has 1 N–H and O–H groups in total. The topological polar surface area (TPSA) is 88.3 Å². The van der Waals surface area contributed by atoms with Gasteiger partial charge in [-0.15, -0.1) is 5.10 Å². The highest BCUT2D eigenvalue weighted by Gasteiger charge is 2.32. The fraction of sp³-hybridized carbons (Fsp3) is 0.600. The smallest absolute Gasteiger partial charge is 0.358 e. The minimum Gasteiger partial charge on any atom is -0.476 e. The summed E-state index contributed by atoms with van der Waals surface area (Å²) in [6.45, 7) is 3.13. The highest BCUT2D eigenvalue weighted by molar-refractivity contribution is 5.84. The number of amides is 1. The number of carbonyl (C=O) groups is 2. The molecule has 0 aliphatic carbocycles. The Labute approximate surface area is 98.0 Å². The van der Waals surface area contributed by atoms with Gasteiger partial charge >= 0.3 is 5.97 Å². The number of aromatic nitrogens is 3. The highest BCUT2D eigenvalue weighted by atomic mass is 16.4. The molecule has 0 unspecified atom stereocenters. The largest absolute Gasteiger partial charge is 0.476 e. The molecule has 0 radical (unpaired) electrons. The summed E-state index contributed by atoms with van der Waals surface area (Å²) in [7, 11) is 0. The number of carbonyl (C=O) groups excluding carboxylic acids is 1. The first kappa shape index (κ1) is 11.6. The second-order valence-corrected chi connectivity index (χ2v) is 4.09. The predicted molar refractivity (Wildman–Crippen MR) is 57.5 cm³/mol. The molecule has 1 fully saturated rings. The summed E-state index contributed by atoms with van der Waals surface area (Å²) in [6.07, 6.45) is 2.80. The van der Waals surface area contributed by atoms with Crippen molar-refractivity contribution in [3.05, 3.63) is 11.9 Å². The third-order valence-corrected chi connectivity index (χ3v) is 2.78. The maximum atomic E-state index is 11.5. The average molecular weight is 238 g/mol. The van der Waals surface area contributed by atoms with Crippen molar-refractivity contribution in [2.75, 3.05) is 13.1 Å². The van der Waals surface area contributed by atoms with E-state index in [4.69, 9.17) is 5.11 Å².